The molecule has 1 heterocycles. The van der Waals surface area contributed by atoms with Crippen molar-refractivity contribution in [3.63, 3.8) is 0 Å². The first-order valence-corrected chi connectivity index (χ1v) is 7.15. The van der Waals surface area contributed by atoms with Crippen molar-refractivity contribution in [3.8, 4) is 10.6 Å². The monoisotopic (exact) mass is 283 g/mol. The minimum Gasteiger partial charge on any atom is -0.481 e. The molecule has 1 N–H and O–H groups in total. The number of aliphatic carboxylic acids is 1. The average Bonchev–Trinajstić information content (AvgIpc) is 2.90. The van der Waals surface area contributed by atoms with Gasteiger partial charge in [0.15, 0.2) is 0 Å². The first-order valence-electron chi connectivity index (χ1n) is 6.34. The highest BCUT2D eigenvalue weighted by Crippen LogP contribution is 2.31. The number of benzene rings is 2. The summed E-state index contributed by atoms with van der Waals surface area (Å²) in [4.78, 5) is 15.7. The van der Waals surface area contributed by atoms with Crippen molar-refractivity contribution in [1.29, 1.82) is 0 Å². The van der Waals surface area contributed by atoms with Crippen LogP contribution in [0, 0.1) is 0 Å². The fourth-order valence-electron chi connectivity index (χ4n) is 2.06. The average molecular weight is 283 g/mol. The lowest BCUT2D eigenvalue weighted by atomic mass is 10.0. The number of rotatable bonds is 3. The van der Waals surface area contributed by atoms with Crippen LogP contribution in [-0.4, -0.2) is 16.1 Å². The number of carbonyl (C=O) groups is 1. The lowest BCUT2D eigenvalue weighted by molar-refractivity contribution is -0.138. The van der Waals surface area contributed by atoms with Crippen LogP contribution in [0.3, 0.4) is 0 Å². The van der Waals surface area contributed by atoms with Gasteiger partial charge >= 0.3 is 5.97 Å². The highest BCUT2D eigenvalue weighted by atomic mass is 32.1. The summed E-state index contributed by atoms with van der Waals surface area (Å²) in [7, 11) is 0. The first-order chi connectivity index (χ1) is 9.65. The summed E-state index contributed by atoms with van der Waals surface area (Å²) in [5.74, 6) is -1.33. The highest BCUT2D eigenvalue weighted by molar-refractivity contribution is 7.21. The molecule has 1 aromatic heterocycles. The van der Waals surface area contributed by atoms with E-state index in [4.69, 9.17) is 5.11 Å². The van der Waals surface area contributed by atoms with Gasteiger partial charge in [0.2, 0.25) is 0 Å². The number of hydrogen-bond acceptors (Lipinski definition) is 3. The van der Waals surface area contributed by atoms with Gasteiger partial charge in [-0.2, -0.15) is 0 Å². The smallest absolute Gasteiger partial charge is 0.310 e. The molecular weight excluding hydrogens is 270 g/mol. The summed E-state index contributed by atoms with van der Waals surface area (Å²) in [5, 5.41) is 10.0. The van der Waals surface area contributed by atoms with Crippen molar-refractivity contribution in [2.45, 2.75) is 12.8 Å². The number of hydrogen-bond donors (Lipinski definition) is 1. The Balaban J connectivity index is 2.06. The van der Waals surface area contributed by atoms with Crippen LogP contribution in [0.25, 0.3) is 20.8 Å². The fourth-order valence-corrected chi connectivity index (χ4v) is 3.01. The maximum absolute atomic E-state index is 11.0. The first kappa shape index (κ1) is 12.8. The van der Waals surface area contributed by atoms with Gasteiger partial charge in [-0.15, -0.1) is 11.3 Å². The zero-order chi connectivity index (χ0) is 14.1. The standard InChI is InChI=1S/C16H13NO2S/c1-10(16(18)19)12-7-8-14-13(9-12)17-15(20-14)11-5-3-2-4-6-11/h2-10H,1H3,(H,18,19)/t10-/m1/s1. The van der Waals surface area contributed by atoms with Crippen molar-refractivity contribution in [3.05, 3.63) is 54.1 Å². The van der Waals surface area contributed by atoms with E-state index < -0.39 is 11.9 Å². The topological polar surface area (TPSA) is 50.2 Å². The van der Waals surface area contributed by atoms with Gasteiger partial charge in [0, 0.05) is 5.56 Å². The van der Waals surface area contributed by atoms with Crippen molar-refractivity contribution in [2.24, 2.45) is 0 Å². The molecule has 1 atom stereocenters. The summed E-state index contributed by atoms with van der Waals surface area (Å²) in [6.07, 6.45) is 0. The van der Waals surface area contributed by atoms with E-state index in [1.165, 1.54) is 0 Å². The Morgan fingerprint density at radius 3 is 2.65 bits per heavy atom. The predicted octanol–water partition coefficient (Wildman–Crippen LogP) is 4.15. The molecular formula is C16H13NO2S. The number of nitrogens with zero attached hydrogens (tertiary/aromatic N) is 1. The highest BCUT2D eigenvalue weighted by Gasteiger charge is 2.15. The molecule has 0 saturated heterocycles. The second-order valence-corrected chi connectivity index (χ2v) is 5.70. The van der Waals surface area contributed by atoms with E-state index in [2.05, 4.69) is 4.98 Å². The van der Waals surface area contributed by atoms with Crippen LogP contribution in [0.4, 0.5) is 0 Å². The van der Waals surface area contributed by atoms with Crippen LogP contribution < -0.4 is 0 Å². The maximum Gasteiger partial charge on any atom is 0.310 e. The van der Waals surface area contributed by atoms with Crippen LogP contribution in [0.1, 0.15) is 18.4 Å². The molecule has 0 aliphatic rings. The molecule has 2 aromatic carbocycles. The molecule has 0 amide bonds. The Kier molecular flexibility index (Phi) is 3.24. The van der Waals surface area contributed by atoms with Crippen LogP contribution in [-0.2, 0) is 4.79 Å². The van der Waals surface area contributed by atoms with Crippen molar-refractivity contribution in [2.75, 3.05) is 0 Å². The number of carboxylic acid groups (broad SMARTS) is 1. The van der Waals surface area contributed by atoms with E-state index in [1.807, 2.05) is 48.5 Å². The Morgan fingerprint density at radius 2 is 1.95 bits per heavy atom. The van der Waals surface area contributed by atoms with Crippen LogP contribution in [0.2, 0.25) is 0 Å². The van der Waals surface area contributed by atoms with Crippen molar-refractivity contribution in [1.82, 2.24) is 4.98 Å². The van der Waals surface area contributed by atoms with E-state index in [1.54, 1.807) is 18.3 Å². The van der Waals surface area contributed by atoms with E-state index >= 15 is 0 Å². The maximum atomic E-state index is 11.0. The van der Waals surface area contributed by atoms with Gasteiger partial charge in [0.25, 0.3) is 0 Å². The summed E-state index contributed by atoms with van der Waals surface area (Å²) in [5.41, 5.74) is 2.73. The third-order valence-electron chi connectivity index (χ3n) is 3.30. The van der Waals surface area contributed by atoms with Gasteiger partial charge in [0.1, 0.15) is 5.01 Å². The lowest BCUT2D eigenvalue weighted by Gasteiger charge is -2.05. The molecule has 3 rings (SSSR count). The van der Waals surface area contributed by atoms with E-state index in [0.717, 1.165) is 26.4 Å². The zero-order valence-electron chi connectivity index (χ0n) is 10.9. The van der Waals surface area contributed by atoms with Gasteiger partial charge < -0.3 is 5.11 Å². The quantitative estimate of drug-likeness (QED) is 0.785. The van der Waals surface area contributed by atoms with E-state index in [0.29, 0.717) is 0 Å². The van der Waals surface area contributed by atoms with E-state index in [9.17, 15) is 4.79 Å². The van der Waals surface area contributed by atoms with E-state index in [-0.39, 0.29) is 0 Å². The van der Waals surface area contributed by atoms with Gasteiger partial charge in [-0.3, -0.25) is 4.79 Å². The van der Waals surface area contributed by atoms with Crippen LogP contribution in [0.5, 0.6) is 0 Å². The van der Waals surface area contributed by atoms with Crippen LogP contribution >= 0.6 is 11.3 Å². The van der Waals surface area contributed by atoms with Crippen molar-refractivity contribution >= 4 is 27.5 Å². The molecule has 0 unspecified atom stereocenters. The molecule has 3 nitrogen and oxygen atoms in total. The number of aromatic nitrogens is 1. The summed E-state index contributed by atoms with van der Waals surface area (Å²) >= 11 is 1.62. The van der Waals surface area contributed by atoms with Gasteiger partial charge in [-0.05, 0) is 24.6 Å². The van der Waals surface area contributed by atoms with Gasteiger partial charge in [-0.25, -0.2) is 4.98 Å². The summed E-state index contributed by atoms with van der Waals surface area (Å²) in [6.45, 7) is 1.69. The Labute approximate surface area is 120 Å². The number of carboxylic acids is 1. The molecule has 0 radical (unpaired) electrons. The second kappa shape index (κ2) is 5.06. The molecule has 20 heavy (non-hydrogen) atoms. The predicted molar refractivity (Wildman–Crippen MR) is 81.1 cm³/mol. The lowest BCUT2D eigenvalue weighted by Crippen LogP contribution is -2.06. The van der Waals surface area contributed by atoms with Crippen molar-refractivity contribution < 1.29 is 9.90 Å². The van der Waals surface area contributed by atoms with Crippen LogP contribution in [0.15, 0.2) is 48.5 Å². The Morgan fingerprint density at radius 1 is 1.20 bits per heavy atom. The van der Waals surface area contributed by atoms with Gasteiger partial charge in [-0.1, -0.05) is 36.4 Å². The SMILES string of the molecule is C[C@@H](C(=O)O)c1ccc2sc(-c3ccccc3)nc2c1. The molecule has 100 valence electrons. The normalized spacial score (nSPS) is 12.4. The molecule has 0 fully saturated rings. The molecule has 4 heteroatoms. The number of fused-ring (bicyclic) bond motifs is 1. The van der Waals surface area contributed by atoms with Gasteiger partial charge in [0.05, 0.1) is 16.1 Å². The minimum absolute atomic E-state index is 0.513. The minimum atomic E-state index is -0.817. The third-order valence-corrected chi connectivity index (χ3v) is 4.39. The molecule has 3 aromatic rings. The fraction of sp³-hybridized carbons (Fsp3) is 0.125. The largest absolute Gasteiger partial charge is 0.481 e. The summed E-state index contributed by atoms with van der Waals surface area (Å²) < 4.78 is 1.07. The zero-order valence-corrected chi connectivity index (χ0v) is 11.7. The molecule has 0 spiro atoms. The molecule has 0 aliphatic carbocycles. The third kappa shape index (κ3) is 2.30. The number of thiazole rings is 1. The second-order valence-electron chi connectivity index (χ2n) is 4.67. The molecule has 0 saturated carbocycles. The summed E-state index contributed by atoms with van der Waals surface area (Å²) in [6, 6.07) is 15.7. The molecule has 0 bridgehead atoms. The Hall–Kier alpha value is -2.20. The molecule has 0 aliphatic heterocycles. The Bertz CT molecular complexity index is 765.